The Morgan fingerprint density at radius 3 is 2.88 bits per heavy atom. The van der Waals surface area contributed by atoms with Crippen molar-refractivity contribution < 1.29 is 0 Å². The number of nitrogens with one attached hydrogen (secondary N) is 1. The Hall–Kier alpha value is -1.84. The van der Waals surface area contributed by atoms with Crippen molar-refractivity contribution in [3.05, 3.63) is 64.1 Å². The lowest BCUT2D eigenvalue weighted by atomic mass is 10.1. The zero-order valence-corrected chi connectivity index (χ0v) is 15.6. The predicted molar refractivity (Wildman–Crippen MR) is 104 cm³/mol. The minimum absolute atomic E-state index is 0.478. The Kier molecular flexibility index (Phi) is 4.53. The molecule has 0 spiro atoms. The Morgan fingerprint density at radius 1 is 1.24 bits per heavy atom. The van der Waals surface area contributed by atoms with Crippen molar-refractivity contribution in [2.24, 2.45) is 0 Å². The van der Waals surface area contributed by atoms with Crippen molar-refractivity contribution in [1.29, 1.82) is 0 Å². The van der Waals surface area contributed by atoms with Gasteiger partial charge in [-0.05, 0) is 47.7 Å². The van der Waals surface area contributed by atoms with E-state index in [0.29, 0.717) is 5.92 Å². The molecule has 4 rings (SSSR count). The number of aromatic nitrogens is 2. The SMILES string of the molecule is CC(C)c1ccc(CCn2c3c(c4cc(Cl)ccc42)CNCC3)cn1. The van der Waals surface area contributed by atoms with Crippen LogP contribution in [0.25, 0.3) is 10.9 Å². The highest BCUT2D eigenvalue weighted by atomic mass is 35.5. The third-order valence-corrected chi connectivity index (χ3v) is 5.39. The van der Waals surface area contributed by atoms with Crippen LogP contribution < -0.4 is 5.32 Å². The van der Waals surface area contributed by atoms with Crippen LogP contribution in [0.5, 0.6) is 0 Å². The first-order chi connectivity index (χ1) is 12.1. The van der Waals surface area contributed by atoms with Gasteiger partial charge in [-0.25, -0.2) is 0 Å². The summed E-state index contributed by atoms with van der Waals surface area (Å²) < 4.78 is 2.48. The van der Waals surface area contributed by atoms with Crippen LogP contribution >= 0.6 is 11.6 Å². The van der Waals surface area contributed by atoms with E-state index in [2.05, 4.69) is 53.0 Å². The fourth-order valence-electron chi connectivity index (χ4n) is 3.77. The molecular weight excluding hydrogens is 330 g/mol. The van der Waals surface area contributed by atoms with Gasteiger partial charge in [0.25, 0.3) is 0 Å². The molecule has 0 aliphatic carbocycles. The number of hydrogen-bond acceptors (Lipinski definition) is 2. The van der Waals surface area contributed by atoms with Crippen molar-refractivity contribution in [2.45, 2.75) is 45.7 Å². The van der Waals surface area contributed by atoms with Gasteiger partial charge < -0.3 is 9.88 Å². The molecule has 130 valence electrons. The quantitative estimate of drug-likeness (QED) is 0.736. The van der Waals surface area contributed by atoms with E-state index in [1.165, 1.54) is 27.7 Å². The van der Waals surface area contributed by atoms with Crippen molar-refractivity contribution in [3.63, 3.8) is 0 Å². The first kappa shape index (κ1) is 16.6. The summed E-state index contributed by atoms with van der Waals surface area (Å²) in [5, 5.41) is 5.60. The van der Waals surface area contributed by atoms with Crippen molar-refractivity contribution in [2.75, 3.05) is 6.54 Å². The van der Waals surface area contributed by atoms with Crippen LogP contribution in [0.2, 0.25) is 5.02 Å². The second kappa shape index (κ2) is 6.81. The fourth-order valence-corrected chi connectivity index (χ4v) is 3.95. The first-order valence-electron chi connectivity index (χ1n) is 9.08. The standard InChI is InChI=1S/C21H24ClN3/c1-14(2)19-5-3-15(12-24-19)8-10-25-20-6-4-16(22)11-17(20)18-13-23-9-7-21(18)25/h3-6,11-12,14,23H,7-10,13H2,1-2H3. The lowest BCUT2D eigenvalue weighted by molar-refractivity contribution is 0.594. The monoisotopic (exact) mass is 353 g/mol. The molecule has 0 unspecified atom stereocenters. The zero-order chi connectivity index (χ0) is 17.4. The van der Waals surface area contributed by atoms with Gasteiger partial charge in [0.1, 0.15) is 0 Å². The van der Waals surface area contributed by atoms with E-state index >= 15 is 0 Å². The number of rotatable bonds is 4. The summed E-state index contributed by atoms with van der Waals surface area (Å²) in [6, 6.07) is 10.7. The summed E-state index contributed by atoms with van der Waals surface area (Å²) >= 11 is 6.25. The van der Waals surface area contributed by atoms with E-state index in [4.69, 9.17) is 11.6 Å². The molecule has 3 nitrogen and oxygen atoms in total. The van der Waals surface area contributed by atoms with E-state index in [1.807, 2.05) is 12.3 Å². The summed E-state index contributed by atoms with van der Waals surface area (Å²) in [6.07, 6.45) is 4.11. The summed E-state index contributed by atoms with van der Waals surface area (Å²) in [5.74, 6) is 0.478. The lowest BCUT2D eigenvalue weighted by Crippen LogP contribution is -2.24. The number of pyridine rings is 1. The summed E-state index contributed by atoms with van der Waals surface area (Å²) in [6.45, 7) is 7.32. The summed E-state index contributed by atoms with van der Waals surface area (Å²) in [4.78, 5) is 4.60. The number of fused-ring (bicyclic) bond motifs is 3. The Balaban J connectivity index is 1.65. The molecule has 0 bridgehead atoms. The average Bonchev–Trinajstić information content (AvgIpc) is 2.93. The number of hydrogen-bond donors (Lipinski definition) is 1. The minimum Gasteiger partial charge on any atom is -0.344 e. The van der Waals surface area contributed by atoms with E-state index < -0.39 is 0 Å². The molecule has 2 aromatic heterocycles. The normalized spacial score (nSPS) is 14.2. The third-order valence-electron chi connectivity index (χ3n) is 5.15. The van der Waals surface area contributed by atoms with Gasteiger partial charge in [-0.1, -0.05) is 31.5 Å². The van der Waals surface area contributed by atoms with Crippen LogP contribution in [0, 0.1) is 0 Å². The minimum atomic E-state index is 0.478. The van der Waals surface area contributed by atoms with E-state index in [9.17, 15) is 0 Å². The maximum Gasteiger partial charge on any atom is 0.0487 e. The van der Waals surface area contributed by atoms with Gasteiger partial charge >= 0.3 is 0 Å². The van der Waals surface area contributed by atoms with Crippen LogP contribution in [0.3, 0.4) is 0 Å². The second-order valence-electron chi connectivity index (χ2n) is 7.16. The Bertz CT molecular complexity index is 894. The number of benzene rings is 1. The molecule has 0 amide bonds. The summed E-state index contributed by atoms with van der Waals surface area (Å²) in [5.41, 5.74) is 6.63. The number of nitrogens with zero attached hydrogens (tertiary/aromatic N) is 2. The van der Waals surface area contributed by atoms with Crippen molar-refractivity contribution in [3.8, 4) is 0 Å². The van der Waals surface area contributed by atoms with Crippen LogP contribution in [-0.2, 0) is 25.9 Å². The van der Waals surface area contributed by atoms with Gasteiger partial charge in [0.15, 0.2) is 0 Å². The molecule has 4 heteroatoms. The van der Waals surface area contributed by atoms with Crippen LogP contribution in [0.1, 0.15) is 42.3 Å². The van der Waals surface area contributed by atoms with Gasteiger partial charge in [0.05, 0.1) is 0 Å². The topological polar surface area (TPSA) is 29.9 Å². The molecule has 0 atom stereocenters. The van der Waals surface area contributed by atoms with Crippen LogP contribution in [0.4, 0.5) is 0 Å². The molecular formula is C21H24ClN3. The number of aryl methyl sites for hydroxylation is 2. The molecule has 1 aromatic carbocycles. The van der Waals surface area contributed by atoms with Crippen LogP contribution in [-0.4, -0.2) is 16.1 Å². The van der Waals surface area contributed by atoms with E-state index in [-0.39, 0.29) is 0 Å². The van der Waals surface area contributed by atoms with Gasteiger partial charge in [0.2, 0.25) is 0 Å². The smallest absolute Gasteiger partial charge is 0.0487 e. The first-order valence-corrected chi connectivity index (χ1v) is 9.46. The van der Waals surface area contributed by atoms with E-state index in [0.717, 1.165) is 43.2 Å². The highest BCUT2D eigenvalue weighted by molar-refractivity contribution is 6.31. The molecule has 0 saturated heterocycles. The average molecular weight is 354 g/mol. The van der Waals surface area contributed by atoms with Crippen molar-refractivity contribution >= 4 is 22.5 Å². The molecule has 1 N–H and O–H groups in total. The zero-order valence-electron chi connectivity index (χ0n) is 14.8. The molecule has 1 aliphatic rings. The van der Waals surface area contributed by atoms with Crippen LogP contribution in [0.15, 0.2) is 36.5 Å². The van der Waals surface area contributed by atoms with Crippen molar-refractivity contribution in [1.82, 2.24) is 14.9 Å². The molecule has 0 fully saturated rings. The second-order valence-corrected chi connectivity index (χ2v) is 7.60. The number of halogens is 1. The largest absolute Gasteiger partial charge is 0.344 e. The Labute approximate surface area is 154 Å². The van der Waals surface area contributed by atoms with Gasteiger partial charge in [0, 0.05) is 59.6 Å². The molecule has 3 aromatic rings. The van der Waals surface area contributed by atoms with Gasteiger partial charge in [-0.2, -0.15) is 0 Å². The third kappa shape index (κ3) is 3.19. The summed E-state index contributed by atoms with van der Waals surface area (Å²) in [7, 11) is 0. The van der Waals surface area contributed by atoms with Gasteiger partial charge in [-0.3, -0.25) is 4.98 Å². The molecule has 25 heavy (non-hydrogen) atoms. The molecule has 0 saturated carbocycles. The molecule has 1 aliphatic heterocycles. The van der Waals surface area contributed by atoms with Gasteiger partial charge in [-0.15, -0.1) is 0 Å². The van der Waals surface area contributed by atoms with E-state index in [1.54, 1.807) is 0 Å². The lowest BCUT2D eigenvalue weighted by Gasteiger charge is -2.17. The highest BCUT2D eigenvalue weighted by Crippen LogP contribution is 2.31. The maximum absolute atomic E-state index is 6.25. The fraction of sp³-hybridized carbons (Fsp3) is 0.381. The highest BCUT2D eigenvalue weighted by Gasteiger charge is 2.19. The predicted octanol–water partition coefficient (Wildman–Crippen LogP) is 4.70. The molecule has 3 heterocycles. The Morgan fingerprint density at radius 2 is 2.12 bits per heavy atom. The maximum atomic E-state index is 6.25. The molecule has 0 radical (unpaired) electrons.